The number of rotatable bonds is 3. The summed E-state index contributed by atoms with van der Waals surface area (Å²) in [6.45, 7) is 2.03. The molecule has 1 aliphatic carbocycles. The maximum Gasteiger partial charge on any atom is 0.314 e. The molecule has 1 aliphatic rings. The van der Waals surface area contributed by atoms with Gasteiger partial charge in [0.25, 0.3) is 0 Å². The number of Topliss-reactive ketones (excluding diaryl/α,β-unsaturated/α-hetero) is 1. The molecule has 1 saturated carbocycles. The van der Waals surface area contributed by atoms with Crippen LogP contribution in [0, 0.1) is 11.8 Å². The smallest absolute Gasteiger partial charge is 0.314 e. The van der Waals surface area contributed by atoms with E-state index in [4.69, 9.17) is 5.11 Å². The van der Waals surface area contributed by atoms with E-state index in [1.165, 1.54) is 0 Å². The van der Waals surface area contributed by atoms with Gasteiger partial charge in [0.1, 0.15) is 11.7 Å². The van der Waals surface area contributed by atoms with Gasteiger partial charge in [0, 0.05) is 6.42 Å². The first kappa shape index (κ1) is 10.2. The van der Waals surface area contributed by atoms with E-state index in [1.54, 1.807) is 0 Å². The quantitative estimate of drug-likeness (QED) is 0.681. The lowest BCUT2D eigenvalue weighted by Gasteiger charge is -2.26. The van der Waals surface area contributed by atoms with Crippen molar-refractivity contribution >= 4 is 11.8 Å². The second-order valence-electron chi connectivity index (χ2n) is 3.72. The van der Waals surface area contributed by atoms with Gasteiger partial charge in [0.2, 0.25) is 0 Å². The number of aliphatic carboxylic acids is 1. The van der Waals surface area contributed by atoms with Gasteiger partial charge in [0.15, 0.2) is 0 Å². The van der Waals surface area contributed by atoms with Crippen molar-refractivity contribution in [3.8, 4) is 0 Å². The minimum Gasteiger partial charge on any atom is -0.481 e. The lowest BCUT2D eigenvalue weighted by atomic mass is 9.76. The van der Waals surface area contributed by atoms with Gasteiger partial charge in [-0.15, -0.1) is 0 Å². The molecule has 13 heavy (non-hydrogen) atoms. The van der Waals surface area contributed by atoms with Gasteiger partial charge in [-0.25, -0.2) is 0 Å². The summed E-state index contributed by atoms with van der Waals surface area (Å²) in [7, 11) is 0. The molecule has 0 aliphatic heterocycles. The molecule has 0 radical (unpaired) electrons. The number of carboxylic acids is 1. The summed E-state index contributed by atoms with van der Waals surface area (Å²) in [6, 6.07) is 0. The minimum atomic E-state index is -0.928. The first-order chi connectivity index (χ1) is 6.16. The molecule has 0 bridgehead atoms. The van der Waals surface area contributed by atoms with Crippen LogP contribution in [0.1, 0.15) is 39.0 Å². The Balaban J connectivity index is 2.68. The Kier molecular flexibility index (Phi) is 3.46. The maximum absolute atomic E-state index is 11.3. The lowest BCUT2D eigenvalue weighted by molar-refractivity contribution is -0.150. The zero-order valence-electron chi connectivity index (χ0n) is 7.95. The highest BCUT2D eigenvalue weighted by Gasteiger charge is 2.36. The van der Waals surface area contributed by atoms with Crippen molar-refractivity contribution in [3.63, 3.8) is 0 Å². The summed E-state index contributed by atoms with van der Waals surface area (Å²) >= 11 is 0. The van der Waals surface area contributed by atoms with Gasteiger partial charge in [-0.05, 0) is 25.2 Å². The average molecular weight is 184 g/mol. The number of ketones is 1. The van der Waals surface area contributed by atoms with Crippen LogP contribution in [0.5, 0.6) is 0 Å². The second kappa shape index (κ2) is 4.40. The summed E-state index contributed by atoms with van der Waals surface area (Å²) in [5.41, 5.74) is 0. The number of hydrogen-bond donors (Lipinski definition) is 1. The molecule has 0 aromatic carbocycles. The Morgan fingerprint density at radius 3 is 2.85 bits per heavy atom. The predicted molar refractivity (Wildman–Crippen MR) is 48.4 cm³/mol. The van der Waals surface area contributed by atoms with Gasteiger partial charge >= 0.3 is 5.97 Å². The summed E-state index contributed by atoms with van der Waals surface area (Å²) in [5, 5.41) is 8.88. The Morgan fingerprint density at radius 1 is 1.62 bits per heavy atom. The molecule has 0 aromatic rings. The molecule has 0 unspecified atom stereocenters. The first-order valence-corrected chi connectivity index (χ1v) is 4.92. The molecular weight excluding hydrogens is 168 g/mol. The summed E-state index contributed by atoms with van der Waals surface area (Å²) in [5.74, 6) is -1.63. The molecule has 1 N–H and O–H groups in total. The molecular formula is C10H16O3. The van der Waals surface area contributed by atoms with Crippen molar-refractivity contribution in [2.75, 3.05) is 0 Å². The molecule has 2 atom stereocenters. The number of hydrogen-bond acceptors (Lipinski definition) is 2. The van der Waals surface area contributed by atoms with Crippen molar-refractivity contribution in [1.29, 1.82) is 0 Å². The van der Waals surface area contributed by atoms with Crippen LogP contribution in [-0.2, 0) is 9.59 Å². The summed E-state index contributed by atoms with van der Waals surface area (Å²) < 4.78 is 0. The Bertz CT molecular complexity index is 208. The highest BCUT2D eigenvalue weighted by molar-refractivity contribution is 5.99. The van der Waals surface area contributed by atoms with Gasteiger partial charge in [-0.1, -0.05) is 13.3 Å². The van der Waals surface area contributed by atoms with E-state index < -0.39 is 11.9 Å². The average Bonchev–Trinajstić information content (AvgIpc) is 2.04. The summed E-state index contributed by atoms with van der Waals surface area (Å²) in [6.07, 6.45) is 4.05. The van der Waals surface area contributed by atoms with Crippen molar-refractivity contribution in [3.05, 3.63) is 0 Å². The van der Waals surface area contributed by atoms with E-state index >= 15 is 0 Å². The van der Waals surface area contributed by atoms with Gasteiger partial charge in [-0.2, -0.15) is 0 Å². The van der Waals surface area contributed by atoms with E-state index in [9.17, 15) is 9.59 Å². The SMILES string of the molecule is CCC[C@H]1CCCC(=O)[C@@H]1C(=O)O. The number of carbonyl (C=O) groups is 2. The fourth-order valence-electron chi connectivity index (χ4n) is 2.14. The first-order valence-electron chi connectivity index (χ1n) is 4.92. The van der Waals surface area contributed by atoms with Gasteiger partial charge in [-0.3, -0.25) is 9.59 Å². The van der Waals surface area contributed by atoms with E-state index in [1.807, 2.05) is 6.92 Å². The third-order valence-electron chi connectivity index (χ3n) is 2.74. The fraction of sp³-hybridized carbons (Fsp3) is 0.800. The highest BCUT2D eigenvalue weighted by atomic mass is 16.4. The highest BCUT2D eigenvalue weighted by Crippen LogP contribution is 2.30. The van der Waals surface area contributed by atoms with Crippen molar-refractivity contribution in [2.45, 2.75) is 39.0 Å². The van der Waals surface area contributed by atoms with Crippen molar-refractivity contribution in [1.82, 2.24) is 0 Å². The predicted octanol–water partition coefficient (Wildman–Crippen LogP) is 1.86. The molecule has 3 heteroatoms. The molecule has 0 heterocycles. The van der Waals surface area contributed by atoms with Gasteiger partial charge in [0.05, 0.1) is 0 Å². The fourth-order valence-corrected chi connectivity index (χ4v) is 2.14. The van der Waals surface area contributed by atoms with Crippen molar-refractivity contribution < 1.29 is 14.7 Å². The molecule has 0 aromatic heterocycles. The van der Waals surface area contributed by atoms with Crippen LogP contribution in [0.25, 0.3) is 0 Å². The molecule has 0 saturated heterocycles. The molecule has 0 spiro atoms. The molecule has 3 nitrogen and oxygen atoms in total. The van der Waals surface area contributed by atoms with E-state index in [2.05, 4.69) is 0 Å². The standard InChI is InChI=1S/C10H16O3/c1-2-4-7-5-3-6-8(11)9(7)10(12)13/h7,9H,2-6H2,1H3,(H,12,13)/t7-,9+/m0/s1. The molecule has 74 valence electrons. The van der Waals surface area contributed by atoms with E-state index in [0.29, 0.717) is 6.42 Å². The molecule has 1 rings (SSSR count). The van der Waals surface area contributed by atoms with E-state index in [0.717, 1.165) is 25.7 Å². The third kappa shape index (κ3) is 2.29. The lowest BCUT2D eigenvalue weighted by Crippen LogP contribution is -2.34. The van der Waals surface area contributed by atoms with Crippen LogP contribution >= 0.6 is 0 Å². The third-order valence-corrected chi connectivity index (χ3v) is 2.74. The zero-order valence-corrected chi connectivity index (χ0v) is 7.95. The Morgan fingerprint density at radius 2 is 2.31 bits per heavy atom. The van der Waals surface area contributed by atoms with Crippen LogP contribution in [0.15, 0.2) is 0 Å². The monoisotopic (exact) mass is 184 g/mol. The minimum absolute atomic E-state index is 0.0720. The van der Waals surface area contributed by atoms with Crippen LogP contribution in [-0.4, -0.2) is 16.9 Å². The van der Waals surface area contributed by atoms with E-state index in [-0.39, 0.29) is 11.7 Å². The Labute approximate surface area is 78.1 Å². The molecule has 1 fully saturated rings. The second-order valence-corrected chi connectivity index (χ2v) is 3.72. The topological polar surface area (TPSA) is 54.4 Å². The van der Waals surface area contributed by atoms with Gasteiger partial charge < -0.3 is 5.11 Å². The zero-order chi connectivity index (χ0) is 9.84. The number of carboxylic acid groups (broad SMARTS) is 1. The number of carbonyl (C=O) groups excluding carboxylic acids is 1. The van der Waals surface area contributed by atoms with Crippen molar-refractivity contribution in [2.24, 2.45) is 11.8 Å². The molecule has 0 amide bonds. The van der Waals surface area contributed by atoms with Crippen LogP contribution < -0.4 is 0 Å². The normalized spacial score (nSPS) is 28.8. The maximum atomic E-state index is 11.3. The van der Waals surface area contributed by atoms with Crippen LogP contribution in [0.4, 0.5) is 0 Å². The van der Waals surface area contributed by atoms with Crippen LogP contribution in [0.3, 0.4) is 0 Å². The van der Waals surface area contributed by atoms with Crippen LogP contribution in [0.2, 0.25) is 0 Å². The Hall–Kier alpha value is -0.860. The largest absolute Gasteiger partial charge is 0.481 e. The summed E-state index contributed by atoms with van der Waals surface area (Å²) in [4.78, 5) is 22.2.